The van der Waals surface area contributed by atoms with Gasteiger partial charge in [-0.1, -0.05) is 35.9 Å². The number of carbonyl (C=O) groups excluding carboxylic acids is 2. The Labute approximate surface area is 161 Å². The van der Waals surface area contributed by atoms with Crippen LogP contribution in [0.1, 0.15) is 47.3 Å². The van der Waals surface area contributed by atoms with Crippen molar-refractivity contribution in [3.05, 3.63) is 65.5 Å². The molecule has 27 heavy (non-hydrogen) atoms. The summed E-state index contributed by atoms with van der Waals surface area (Å²) in [6.07, 6.45) is 4.24. The molecule has 1 aromatic carbocycles. The van der Waals surface area contributed by atoms with Crippen molar-refractivity contribution >= 4 is 11.7 Å². The number of aryl methyl sites for hydroxylation is 1. The first-order chi connectivity index (χ1) is 13.0. The SMILES string of the molecule is Cc1ccc(C(=O)CCC(=O)N2CCN(C(C)c3cccnc3)CC2)cc1. The number of benzene rings is 1. The highest BCUT2D eigenvalue weighted by Crippen LogP contribution is 2.21. The zero-order valence-corrected chi connectivity index (χ0v) is 16.1. The second-order valence-electron chi connectivity index (χ2n) is 7.17. The summed E-state index contributed by atoms with van der Waals surface area (Å²) in [4.78, 5) is 33.2. The Bertz CT molecular complexity index is 766. The highest BCUT2D eigenvalue weighted by molar-refractivity contribution is 5.97. The zero-order valence-electron chi connectivity index (χ0n) is 16.1. The maximum Gasteiger partial charge on any atom is 0.223 e. The van der Waals surface area contributed by atoms with Gasteiger partial charge in [-0.3, -0.25) is 19.5 Å². The van der Waals surface area contributed by atoms with Crippen LogP contribution in [0.25, 0.3) is 0 Å². The molecule has 142 valence electrons. The molecule has 1 aromatic heterocycles. The molecule has 1 saturated heterocycles. The quantitative estimate of drug-likeness (QED) is 0.738. The van der Waals surface area contributed by atoms with Crippen LogP contribution in [0, 0.1) is 6.92 Å². The molecule has 5 heteroatoms. The standard InChI is InChI=1S/C22H27N3O2/c1-17-5-7-19(8-6-17)21(26)9-10-22(27)25-14-12-24(13-15-25)18(2)20-4-3-11-23-16-20/h3-8,11,16,18H,9-10,12-15H2,1-2H3. The van der Waals surface area contributed by atoms with Crippen LogP contribution in [0.2, 0.25) is 0 Å². The molecule has 2 aromatic rings. The van der Waals surface area contributed by atoms with Crippen molar-refractivity contribution < 1.29 is 9.59 Å². The molecular formula is C22H27N3O2. The third-order valence-electron chi connectivity index (χ3n) is 5.32. The van der Waals surface area contributed by atoms with Crippen molar-refractivity contribution in [3.8, 4) is 0 Å². The van der Waals surface area contributed by atoms with E-state index in [-0.39, 0.29) is 24.5 Å². The van der Waals surface area contributed by atoms with Crippen molar-refractivity contribution in [3.63, 3.8) is 0 Å². The van der Waals surface area contributed by atoms with Gasteiger partial charge in [-0.2, -0.15) is 0 Å². The molecule has 0 N–H and O–H groups in total. The van der Waals surface area contributed by atoms with Crippen molar-refractivity contribution in [1.82, 2.24) is 14.8 Å². The lowest BCUT2D eigenvalue weighted by Crippen LogP contribution is -2.49. The minimum Gasteiger partial charge on any atom is -0.340 e. The lowest BCUT2D eigenvalue weighted by atomic mass is 10.0. The molecule has 0 bridgehead atoms. The van der Waals surface area contributed by atoms with E-state index < -0.39 is 0 Å². The molecule has 2 heterocycles. The largest absolute Gasteiger partial charge is 0.340 e. The van der Waals surface area contributed by atoms with E-state index in [4.69, 9.17) is 0 Å². The lowest BCUT2D eigenvalue weighted by molar-refractivity contribution is -0.133. The van der Waals surface area contributed by atoms with Crippen LogP contribution in [0.3, 0.4) is 0 Å². The maximum atomic E-state index is 12.5. The highest BCUT2D eigenvalue weighted by atomic mass is 16.2. The van der Waals surface area contributed by atoms with Gasteiger partial charge in [0.1, 0.15) is 0 Å². The number of nitrogens with zero attached hydrogens (tertiary/aromatic N) is 3. The van der Waals surface area contributed by atoms with Crippen LogP contribution >= 0.6 is 0 Å². The first-order valence-corrected chi connectivity index (χ1v) is 9.56. The summed E-state index contributed by atoms with van der Waals surface area (Å²) in [5.74, 6) is 0.108. The van der Waals surface area contributed by atoms with Crippen LogP contribution in [-0.2, 0) is 4.79 Å². The lowest BCUT2D eigenvalue weighted by Gasteiger charge is -2.38. The van der Waals surface area contributed by atoms with E-state index in [0.717, 1.165) is 18.7 Å². The van der Waals surface area contributed by atoms with Crippen LogP contribution in [0.15, 0.2) is 48.8 Å². The minimum atomic E-state index is 0.0344. The predicted octanol–water partition coefficient (Wildman–Crippen LogP) is 3.26. The van der Waals surface area contributed by atoms with Crippen molar-refractivity contribution in [2.45, 2.75) is 32.7 Å². The van der Waals surface area contributed by atoms with Gasteiger partial charge in [0, 0.05) is 63.0 Å². The summed E-state index contributed by atoms with van der Waals surface area (Å²) in [6, 6.07) is 11.9. The number of pyridine rings is 1. The number of rotatable bonds is 6. The van der Waals surface area contributed by atoms with Crippen molar-refractivity contribution in [2.75, 3.05) is 26.2 Å². The van der Waals surface area contributed by atoms with E-state index in [2.05, 4.69) is 22.9 Å². The number of hydrogen-bond acceptors (Lipinski definition) is 4. The van der Waals surface area contributed by atoms with Gasteiger partial charge in [-0.15, -0.1) is 0 Å². The fourth-order valence-electron chi connectivity index (χ4n) is 3.45. The first-order valence-electron chi connectivity index (χ1n) is 9.56. The second-order valence-corrected chi connectivity index (χ2v) is 7.17. The smallest absolute Gasteiger partial charge is 0.223 e. The summed E-state index contributed by atoms with van der Waals surface area (Å²) in [5, 5.41) is 0. The number of piperazine rings is 1. The van der Waals surface area contributed by atoms with Gasteiger partial charge in [0.2, 0.25) is 5.91 Å². The van der Waals surface area contributed by atoms with Crippen molar-refractivity contribution in [1.29, 1.82) is 0 Å². The number of carbonyl (C=O) groups is 2. The number of aromatic nitrogens is 1. The molecule has 0 spiro atoms. The van der Waals surface area contributed by atoms with Gasteiger partial charge in [-0.05, 0) is 25.5 Å². The molecule has 1 aliphatic heterocycles. The molecule has 1 unspecified atom stereocenters. The Balaban J connectivity index is 1.46. The van der Waals surface area contributed by atoms with Gasteiger partial charge < -0.3 is 4.90 Å². The number of Topliss-reactive ketones (excluding diaryl/α,β-unsaturated/α-hetero) is 1. The molecule has 5 nitrogen and oxygen atoms in total. The molecule has 1 aliphatic rings. The van der Waals surface area contributed by atoms with E-state index in [1.54, 1.807) is 6.20 Å². The first kappa shape index (κ1) is 19.2. The monoisotopic (exact) mass is 365 g/mol. The zero-order chi connectivity index (χ0) is 19.2. The average molecular weight is 365 g/mol. The fourth-order valence-corrected chi connectivity index (χ4v) is 3.45. The van der Waals surface area contributed by atoms with E-state index in [1.807, 2.05) is 48.4 Å². The van der Waals surface area contributed by atoms with Crippen LogP contribution in [-0.4, -0.2) is 52.7 Å². The number of hydrogen-bond donors (Lipinski definition) is 0. The van der Waals surface area contributed by atoms with Gasteiger partial charge in [0.15, 0.2) is 5.78 Å². The second kappa shape index (κ2) is 8.91. The van der Waals surface area contributed by atoms with Crippen LogP contribution < -0.4 is 0 Å². The summed E-state index contributed by atoms with van der Waals surface area (Å²) in [5.41, 5.74) is 3.01. The molecule has 0 radical (unpaired) electrons. The molecule has 3 rings (SSSR count). The molecule has 1 atom stereocenters. The Hall–Kier alpha value is -2.53. The normalized spacial score (nSPS) is 16.1. The van der Waals surface area contributed by atoms with Crippen molar-refractivity contribution in [2.24, 2.45) is 0 Å². The predicted molar refractivity (Wildman–Crippen MR) is 106 cm³/mol. The van der Waals surface area contributed by atoms with E-state index in [9.17, 15) is 9.59 Å². The maximum absolute atomic E-state index is 12.5. The average Bonchev–Trinajstić information content (AvgIpc) is 2.72. The number of ketones is 1. The van der Waals surface area contributed by atoms with E-state index >= 15 is 0 Å². The summed E-state index contributed by atoms with van der Waals surface area (Å²) in [7, 11) is 0. The topological polar surface area (TPSA) is 53.5 Å². The Morgan fingerprint density at radius 2 is 1.74 bits per heavy atom. The van der Waals surface area contributed by atoms with Gasteiger partial charge >= 0.3 is 0 Å². The Morgan fingerprint density at radius 3 is 2.37 bits per heavy atom. The molecule has 0 aliphatic carbocycles. The molecule has 1 fully saturated rings. The van der Waals surface area contributed by atoms with Gasteiger partial charge in [0.05, 0.1) is 0 Å². The van der Waals surface area contributed by atoms with Gasteiger partial charge in [-0.25, -0.2) is 0 Å². The number of amides is 1. The van der Waals surface area contributed by atoms with E-state index in [0.29, 0.717) is 24.7 Å². The highest BCUT2D eigenvalue weighted by Gasteiger charge is 2.25. The molecule has 1 amide bonds. The summed E-state index contributed by atoms with van der Waals surface area (Å²) >= 11 is 0. The molecular weight excluding hydrogens is 338 g/mol. The van der Waals surface area contributed by atoms with E-state index in [1.165, 1.54) is 5.56 Å². The van der Waals surface area contributed by atoms with Crippen LogP contribution in [0.5, 0.6) is 0 Å². The minimum absolute atomic E-state index is 0.0344. The molecule has 0 saturated carbocycles. The summed E-state index contributed by atoms with van der Waals surface area (Å²) < 4.78 is 0. The Morgan fingerprint density at radius 1 is 1.04 bits per heavy atom. The fraction of sp³-hybridized carbons (Fsp3) is 0.409. The third kappa shape index (κ3) is 5.01. The summed E-state index contributed by atoms with van der Waals surface area (Å²) in [6.45, 7) is 7.27. The third-order valence-corrected chi connectivity index (χ3v) is 5.32. The van der Waals surface area contributed by atoms with Crippen LogP contribution in [0.4, 0.5) is 0 Å². The Kier molecular flexibility index (Phi) is 6.35. The van der Waals surface area contributed by atoms with Gasteiger partial charge in [0.25, 0.3) is 0 Å².